The number of rotatable bonds is 4. The molecule has 92 valence electrons. The molecule has 0 amide bonds. The monoisotopic (exact) mass is 239 g/mol. The van der Waals surface area contributed by atoms with Crippen molar-refractivity contribution in [1.29, 1.82) is 0 Å². The minimum absolute atomic E-state index is 0.0295. The molecule has 0 aliphatic heterocycles. The van der Waals surface area contributed by atoms with Gasteiger partial charge in [-0.15, -0.1) is 0 Å². The normalized spacial score (nSPS) is 16.1. The van der Waals surface area contributed by atoms with E-state index in [0.29, 0.717) is 12.5 Å². The Morgan fingerprint density at radius 3 is 2.76 bits per heavy atom. The molecule has 4 nitrogen and oxygen atoms in total. The maximum absolute atomic E-state index is 13.3. The number of nitro groups is 1. The van der Waals surface area contributed by atoms with Crippen LogP contribution < -0.4 is 4.74 Å². The molecule has 0 aromatic heterocycles. The van der Waals surface area contributed by atoms with Gasteiger partial charge in [0.25, 0.3) is 0 Å². The quantitative estimate of drug-likeness (QED) is 0.598. The van der Waals surface area contributed by atoms with Gasteiger partial charge in [-0.3, -0.25) is 10.1 Å². The molecule has 1 fully saturated rings. The van der Waals surface area contributed by atoms with Crippen LogP contribution in [0.3, 0.4) is 0 Å². The van der Waals surface area contributed by atoms with E-state index < -0.39 is 16.4 Å². The van der Waals surface area contributed by atoms with Gasteiger partial charge in [-0.25, -0.2) is 0 Å². The summed E-state index contributed by atoms with van der Waals surface area (Å²) in [7, 11) is 0. The Bertz CT molecular complexity index is 416. The second-order valence-electron chi connectivity index (χ2n) is 4.31. The summed E-state index contributed by atoms with van der Waals surface area (Å²) in [6.07, 6.45) is 4.53. The smallest absolute Gasteiger partial charge is 0.346 e. The van der Waals surface area contributed by atoms with Gasteiger partial charge in [0, 0.05) is 0 Å². The van der Waals surface area contributed by atoms with Crippen LogP contribution in [0.5, 0.6) is 5.75 Å². The van der Waals surface area contributed by atoms with Crippen molar-refractivity contribution in [2.75, 3.05) is 6.61 Å². The average Bonchev–Trinajstić information content (AvgIpc) is 2.78. The first-order valence-corrected chi connectivity index (χ1v) is 5.74. The second-order valence-corrected chi connectivity index (χ2v) is 4.31. The van der Waals surface area contributed by atoms with E-state index in [9.17, 15) is 14.5 Å². The molecule has 0 radical (unpaired) electrons. The molecule has 1 saturated carbocycles. The third-order valence-corrected chi connectivity index (χ3v) is 3.08. The minimum atomic E-state index is -0.848. The fraction of sp³-hybridized carbons (Fsp3) is 0.500. The summed E-state index contributed by atoms with van der Waals surface area (Å²) in [5.41, 5.74) is -0.564. The minimum Gasteiger partial charge on any atom is -0.486 e. The average molecular weight is 239 g/mol. The van der Waals surface area contributed by atoms with E-state index >= 15 is 0 Å². The molecule has 0 atom stereocenters. The SMILES string of the molecule is O=[N+]([O-])c1c(F)cccc1OCC1CCCC1. The van der Waals surface area contributed by atoms with E-state index in [1.807, 2.05) is 0 Å². The van der Waals surface area contributed by atoms with Crippen LogP contribution >= 0.6 is 0 Å². The molecule has 0 unspecified atom stereocenters. The predicted octanol–water partition coefficient (Wildman–Crippen LogP) is 3.30. The summed E-state index contributed by atoms with van der Waals surface area (Å²) < 4.78 is 18.7. The fourth-order valence-corrected chi connectivity index (χ4v) is 2.17. The second kappa shape index (κ2) is 5.12. The van der Waals surface area contributed by atoms with Crippen LogP contribution in [0.15, 0.2) is 18.2 Å². The summed E-state index contributed by atoms with van der Waals surface area (Å²) in [6, 6.07) is 3.93. The number of nitro benzene ring substituents is 1. The van der Waals surface area contributed by atoms with Crippen molar-refractivity contribution in [3.05, 3.63) is 34.1 Å². The molecule has 17 heavy (non-hydrogen) atoms. The topological polar surface area (TPSA) is 52.4 Å². The van der Waals surface area contributed by atoms with Gasteiger partial charge in [0.15, 0.2) is 5.75 Å². The summed E-state index contributed by atoms with van der Waals surface area (Å²) in [4.78, 5) is 9.99. The van der Waals surface area contributed by atoms with Crippen LogP contribution in [0.4, 0.5) is 10.1 Å². The highest BCUT2D eigenvalue weighted by Crippen LogP contribution is 2.31. The molecular formula is C12H14FNO3. The highest BCUT2D eigenvalue weighted by molar-refractivity contribution is 5.47. The molecule has 0 bridgehead atoms. The van der Waals surface area contributed by atoms with Gasteiger partial charge in [-0.05, 0) is 30.9 Å². The molecule has 0 heterocycles. The van der Waals surface area contributed by atoms with Gasteiger partial charge in [-0.1, -0.05) is 18.9 Å². The fourth-order valence-electron chi connectivity index (χ4n) is 2.17. The first kappa shape index (κ1) is 11.8. The molecule has 0 spiro atoms. The van der Waals surface area contributed by atoms with Gasteiger partial charge in [0.05, 0.1) is 11.5 Å². The number of nitrogens with zero attached hydrogens (tertiary/aromatic N) is 1. The van der Waals surface area contributed by atoms with Crippen LogP contribution in [0, 0.1) is 21.8 Å². The lowest BCUT2D eigenvalue weighted by molar-refractivity contribution is -0.388. The maximum atomic E-state index is 13.3. The maximum Gasteiger partial charge on any atom is 0.346 e. The van der Waals surface area contributed by atoms with Crippen molar-refractivity contribution < 1.29 is 14.1 Å². The van der Waals surface area contributed by atoms with Gasteiger partial charge in [0.1, 0.15) is 0 Å². The third kappa shape index (κ3) is 2.72. The molecule has 1 aromatic carbocycles. The van der Waals surface area contributed by atoms with E-state index in [4.69, 9.17) is 4.74 Å². The van der Waals surface area contributed by atoms with Crippen molar-refractivity contribution in [1.82, 2.24) is 0 Å². The third-order valence-electron chi connectivity index (χ3n) is 3.08. The van der Waals surface area contributed by atoms with Crippen LogP contribution in [0.25, 0.3) is 0 Å². The molecule has 1 aliphatic rings. The van der Waals surface area contributed by atoms with Crippen molar-refractivity contribution >= 4 is 5.69 Å². The van der Waals surface area contributed by atoms with E-state index in [2.05, 4.69) is 0 Å². The van der Waals surface area contributed by atoms with Crippen molar-refractivity contribution in [3.8, 4) is 5.75 Å². The van der Waals surface area contributed by atoms with E-state index in [1.54, 1.807) is 0 Å². The first-order chi connectivity index (χ1) is 8.18. The lowest BCUT2D eigenvalue weighted by Crippen LogP contribution is -2.09. The standard InChI is InChI=1S/C12H14FNO3/c13-10-6-3-7-11(12(10)14(15)16)17-8-9-4-1-2-5-9/h3,6-7,9H,1-2,4-5,8H2. The zero-order valence-corrected chi connectivity index (χ0v) is 9.39. The van der Waals surface area contributed by atoms with Gasteiger partial charge in [0.2, 0.25) is 5.82 Å². The van der Waals surface area contributed by atoms with Gasteiger partial charge >= 0.3 is 5.69 Å². The number of hydrogen-bond acceptors (Lipinski definition) is 3. The largest absolute Gasteiger partial charge is 0.486 e. The lowest BCUT2D eigenvalue weighted by atomic mass is 10.1. The zero-order chi connectivity index (χ0) is 12.3. The Labute approximate surface area is 98.5 Å². The molecule has 0 saturated heterocycles. The van der Waals surface area contributed by atoms with Crippen molar-refractivity contribution in [2.24, 2.45) is 5.92 Å². The van der Waals surface area contributed by atoms with E-state index in [0.717, 1.165) is 18.9 Å². The number of ether oxygens (including phenoxy) is 1. The molecular weight excluding hydrogens is 225 g/mol. The summed E-state index contributed by atoms with van der Waals surface area (Å²) in [6.45, 7) is 0.435. The van der Waals surface area contributed by atoms with Gasteiger partial charge < -0.3 is 4.74 Å². The lowest BCUT2D eigenvalue weighted by Gasteiger charge is -2.11. The van der Waals surface area contributed by atoms with Crippen LogP contribution in [0.2, 0.25) is 0 Å². The Kier molecular flexibility index (Phi) is 3.56. The number of hydrogen-bond donors (Lipinski definition) is 0. The molecule has 2 rings (SSSR count). The predicted molar refractivity (Wildman–Crippen MR) is 60.5 cm³/mol. The Hall–Kier alpha value is -1.65. The summed E-state index contributed by atoms with van der Waals surface area (Å²) >= 11 is 0. The Morgan fingerprint density at radius 1 is 1.41 bits per heavy atom. The molecule has 0 N–H and O–H groups in total. The van der Waals surface area contributed by atoms with Crippen LogP contribution in [0.1, 0.15) is 25.7 Å². The number of para-hydroxylation sites is 1. The summed E-state index contributed by atoms with van der Waals surface area (Å²) in [5, 5.41) is 10.7. The Balaban J connectivity index is 2.09. The van der Waals surface area contributed by atoms with E-state index in [-0.39, 0.29) is 5.75 Å². The van der Waals surface area contributed by atoms with Crippen molar-refractivity contribution in [3.63, 3.8) is 0 Å². The van der Waals surface area contributed by atoms with Crippen molar-refractivity contribution in [2.45, 2.75) is 25.7 Å². The van der Waals surface area contributed by atoms with Crippen LogP contribution in [-0.2, 0) is 0 Å². The first-order valence-electron chi connectivity index (χ1n) is 5.74. The molecule has 1 aliphatic carbocycles. The number of benzene rings is 1. The van der Waals surface area contributed by atoms with Crippen LogP contribution in [-0.4, -0.2) is 11.5 Å². The molecule has 5 heteroatoms. The highest BCUT2D eigenvalue weighted by Gasteiger charge is 2.23. The Morgan fingerprint density at radius 2 is 2.12 bits per heavy atom. The zero-order valence-electron chi connectivity index (χ0n) is 9.39. The van der Waals surface area contributed by atoms with E-state index in [1.165, 1.54) is 25.0 Å². The van der Waals surface area contributed by atoms with Gasteiger partial charge in [-0.2, -0.15) is 4.39 Å². The number of halogens is 1. The highest BCUT2D eigenvalue weighted by atomic mass is 19.1. The summed E-state index contributed by atoms with van der Waals surface area (Å²) in [5.74, 6) is -0.376. The molecule has 1 aromatic rings.